The minimum absolute atomic E-state index is 0.197. The van der Waals surface area contributed by atoms with Crippen molar-refractivity contribution in [3.63, 3.8) is 0 Å². The molecule has 20 heavy (non-hydrogen) atoms. The fourth-order valence-electron chi connectivity index (χ4n) is 2.91. The Kier molecular flexibility index (Phi) is 5.53. The van der Waals surface area contributed by atoms with Crippen LogP contribution in [0.5, 0.6) is 0 Å². The summed E-state index contributed by atoms with van der Waals surface area (Å²) in [6.45, 7) is 1.98. The Hall–Kier alpha value is -1.42. The van der Waals surface area contributed by atoms with Gasteiger partial charge in [-0.25, -0.2) is 4.39 Å². The Morgan fingerprint density at radius 2 is 2.00 bits per heavy atom. The second-order valence-corrected chi connectivity index (χ2v) is 5.45. The normalized spacial score (nSPS) is 19.9. The number of likely N-dealkylation sites (tertiary alicyclic amines) is 1. The Balaban J connectivity index is 1.91. The van der Waals surface area contributed by atoms with E-state index in [0.717, 1.165) is 32.4 Å². The van der Waals surface area contributed by atoms with Crippen molar-refractivity contribution in [2.24, 2.45) is 0 Å². The van der Waals surface area contributed by atoms with Gasteiger partial charge in [0.1, 0.15) is 5.82 Å². The molecule has 1 heterocycles. The zero-order chi connectivity index (χ0) is 14.4. The summed E-state index contributed by atoms with van der Waals surface area (Å²) >= 11 is 0. The first kappa shape index (κ1) is 15.0. The number of piperidine rings is 1. The van der Waals surface area contributed by atoms with Gasteiger partial charge in [0.15, 0.2) is 0 Å². The lowest BCUT2D eigenvalue weighted by atomic mass is 9.95. The van der Waals surface area contributed by atoms with E-state index in [1.54, 1.807) is 0 Å². The summed E-state index contributed by atoms with van der Waals surface area (Å²) < 4.78 is 13.0. The fourth-order valence-corrected chi connectivity index (χ4v) is 2.91. The molecule has 1 aromatic carbocycles. The highest BCUT2D eigenvalue weighted by Gasteiger charge is 2.23. The van der Waals surface area contributed by atoms with Gasteiger partial charge in [0, 0.05) is 12.5 Å². The molecule has 1 N–H and O–H groups in total. The number of carboxylic acids is 1. The Bertz CT molecular complexity index is 433. The van der Waals surface area contributed by atoms with Crippen molar-refractivity contribution in [1.82, 2.24) is 4.90 Å². The van der Waals surface area contributed by atoms with E-state index in [4.69, 9.17) is 5.11 Å². The van der Waals surface area contributed by atoms with Crippen molar-refractivity contribution in [3.8, 4) is 0 Å². The van der Waals surface area contributed by atoms with Crippen LogP contribution in [0.1, 0.15) is 50.1 Å². The molecule has 3 nitrogen and oxygen atoms in total. The van der Waals surface area contributed by atoms with Crippen LogP contribution in [0.25, 0.3) is 0 Å². The summed E-state index contributed by atoms with van der Waals surface area (Å²) in [5, 5.41) is 8.66. The molecule has 1 unspecified atom stereocenters. The number of nitrogens with zero attached hydrogens (tertiary/aromatic N) is 1. The van der Waals surface area contributed by atoms with Crippen molar-refractivity contribution in [3.05, 3.63) is 35.6 Å². The second kappa shape index (κ2) is 7.39. The zero-order valence-electron chi connectivity index (χ0n) is 11.7. The van der Waals surface area contributed by atoms with Crippen LogP contribution in [0.2, 0.25) is 0 Å². The van der Waals surface area contributed by atoms with Crippen molar-refractivity contribution in [2.45, 2.75) is 44.6 Å². The Morgan fingerprint density at radius 1 is 1.25 bits per heavy atom. The minimum Gasteiger partial charge on any atom is -0.481 e. The lowest BCUT2D eigenvalue weighted by Gasteiger charge is -2.36. The Labute approximate surface area is 119 Å². The molecule has 1 fully saturated rings. The summed E-state index contributed by atoms with van der Waals surface area (Å²) in [5.74, 6) is -0.920. The predicted octanol–water partition coefficient (Wildman–Crippen LogP) is 3.61. The van der Waals surface area contributed by atoms with E-state index in [1.807, 2.05) is 12.1 Å². The smallest absolute Gasteiger partial charge is 0.303 e. The summed E-state index contributed by atoms with van der Waals surface area (Å²) in [7, 11) is 0. The number of carbonyl (C=O) groups is 1. The molecule has 1 aromatic rings. The molecule has 2 rings (SSSR count). The maximum atomic E-state index is 13.0. The van der Waals surface area contributed by atoms with Gasteiger partial charge >= 0.3 is 5.97 Å². The van der Waals surface area contributed by atoms with Gasteiger partial charge in [0.2, 0.25) is 0 Å². The van der Waals surface area contributed by atoms with E-state index in [1.165, 1.54) is 30.5 Å². The topological polar surface area (TPSA) is 40.5 Å². The third-order valence-electron chi connectivity index (χ3n) is 3.95. The number of rotatable bonds is 6. The van der Waals surface area contributed by atoms with Crippen LogP contribution >= 0.6 is 0 Å². The van der Waals surface area contributed by atoms with E-state index in [9.17, 15) is 9.18 Å². The third kappa shape index (κ3) is 4.30. The summed E-state index contributed by atoms with van der Waals surface area (Å²) in [6, 6.07) is 7.14. The average molecular weight is 279 g/mol. The van der Waals surface area contributed by atoms with Gasteiger partial charge in [-0.2, -0.15) is 0 Å². The van der Waals surface area contributed by atoms with Gasteiger partial charge in [-0.05, 0) is 56.5 Å². The number of hydrogen-bond acceptors (Lipinski definition) is 2. The molecule has 0 saturated carbocycles. The molecule has 0 aromatic heterocycles. The molecule has 1 saturated heterocycles. The third-order valence-corrected chi connectivity index (χ3v) is 3.95. The molecule has 1 aliphatic heterocycles. The highest BCUT2D eigenvalue weighted by atomic mass is 19.1. The van der Waals surface area contributed by atoms with Gasteiger partial charge < -0.3 is 5.11 Å². The number of aliphatic carboxylic acids is 1. The number of benzene rings is 1. The SMILES string of the molecule is O=C(O)CCCCN1CCCCC1c1ccc(F)cc1. The van der Waals surface area contributed by atoms with Crippen LogP contribution in [0.15, 0.2) is 24.3 Å². The number of halogens is 1. The highest BCUT2D eigenvalue weighted by molar-refractivity contribution is 5.66. The van der Waals surface area contributed by atoms with Crippen molar-refractivity contribution in [1.29, 1.82) is 0 Å². The first-order chi connectivity index (χ1) is 9.66. The summed E-state index contributed by atoms with van der Waals surface area (Å²) in [4.78, 5) is 12.9. The fraction of sp³-hybridized carbons (Fsp3) is 0.562. The lowest BCUT2D eigenvalue weighted by molar-refractivity contribution is -0.137. The van der Waals surface area contributed by atoms with E-state index in [2.05, 4.69) is 4.90 Å². The van der Waals surface area contributed by atoms with E-state index in [-0.39, 0.29) is 12.2 Å². The van der Waals surface area contributed by atoms with Gasteiger partial charge in [0.25, 0.3) is 0 Å². The van der Waals surface area contributed by atoms with Crippen LogP contribution in [-0.2, 0) is 4.79 Å². The van der Waals surface area contributed by atoms with Crippen LogP contribution in [0.4, 0.5) is 4.39 Å². The van der Waals surface area contributed by atoms with Crippen LogP contribution < -0.4 is 0 Å². The quantitative estimate of drug-likeness (QED) is 0.809. The zero-order valence-corrected chi connectivity index (χ0v) is 11.7. The molecule has 0 amide bonds. The second-order valence-electron chi connectivity index (χ2n) is 5.45. The van der Waals surface area contributed by atoms with Gasteiger partial charge in [-0.3, -0.25) is 9.69 Å². The number of carboxylic acid groups (broad SMARTS) is 1. The summed E-state index contributed by atoms with van der Waals surface area (Å²) in [5.41, 5.74) is 1.17. The standard InChI is InChI=1S/C16H22FNO2/c17-14-9-7-13(8-10-14)15-5-1-3-11-18(15)12-4-2-6-16(19)20/h7-10,15H,1-6,11-12H2,(H,19,20). The number of hydrogen-bond donors (Lipinski definition) is 1. The van der Waals surface area contributed by atoms with Crippen molar-refractivity contribution < 1.29 is 14.3 Å². The minimum atomic E-state index is -0.723. The first-order valence-corrected chi connectivity index (χ1v) is 7.38. The largest absolute Gasteiger partial charge is 0.481 e. The van der Waals surface area contributed by atoms with Crippen LogP contribution in [0, 0.1) is 5.82 Å². The molecule has 0 bridgehead atoms. The molecule has 0 spiro atoms. The average Bonchev–Trinajstić information content (AvgIpc) is 2.45. The molecule has 1 atom stereocenters. The summed E-state index contributed by atoms with van der Waals surface area (Å²) in [6.07, 6.45) is 5.37. The Morgan fingerprint density at radius 3 is 2.70 bits per heavy atom. The van der Waals surface area contributed by atoms with Crippen LogP contribution in [0.3, 0.4) is 0 Å². The maximum absolute atomic E-state index is 13.0. The molecular weight excluding hydrogens is 257 g/mol. The predicted molar refractivity (Wildman–Crippen MR) is 76.1 cm³/mol. The van der Waals surface area contributed by atoms with E-state index in [0.29, 0.717) is 6.04 Å². The number of unbranched alkanes of at least 4 members (excludes halogenated alkanes) is 1. The molecule has 4 heteroatoms. The van der Waals surface area contributed by atoms with Crippen molar-refractivity contribution in [2.75, 3.05) is 13.1 Å². The van der Waals surface area contributed by atoms with Gasteiger partial charge in [-0.1, -0.05) is 18.6 Å². The maximum Gasteiger partial charge on any atom is 0.303 e. The molecule has 0 radical (unpaired) electrons. The molecule has 1 aliphatic rings. The van der Waals surface area contributed by atoms with E-state index < -0.39 is 5.97 Å². The first-order valence-electron chi connectivity index (χ1n) is 7.38. The van der Waals surface area contributed by atoms with E-state index >= 15 is 0 Å². The van der Waals surface area contributed by atoms with Crippen molar-refractivity contribution >= 4 is 5.97 Å². The molecule has 110 valence electrons. The molecule has 0 aliphatic carbocycles. The van der Waals surface area contributed by atoms with Crippen LogP contribution in [-0.4, -0.2) is 29.1 Å². The lowest BCUT2D eigenvalue weighted by Crippen LogP contribution is -2.34. The van der Waals surface area contributed by atoms with Gasteiger partial charge in [-0.15, -0.1) is 0 Å². The van der Waals surface area contributed by atoms with Gasteiger partial charge in [0.05, 0.1) is 0 Å². The molecular formula is C16H22FNO2. The monoisotopic (exact) mass is 279 g/mol. The highest BCUT2D eigenvalue weighted by Crippen LogP contribution is 2.31.